The van der Waals surface area contributed by atoms with Gasteiger partial charge in [-0.2, -0.15) is 4.98 Å². The van der Waals surface area contributed by atoms with Crippen LogP contribution >= 0.6 is 0 Å². The zero-order valence-corrected chi connectivity index (χ0v) is 21.8. The Morgan fingerprint density at radius 3 is 2.15 bits per heavy atom. The van der Waals surface area contributed by atoms with Gasteiger partial charge in [0.1, 0.15) is 31.2 Å². The topological polar surface area (TPSA) is 102 Å². The van der Waals surface area contributed by atoms with Crippen LogP contribution in [0.2, 0.25) is 0 Å². The lowest BCUT2D eigenvalue weighted by Gasteiger charge is -2.40. The summed E-state index contributed by atoms with van der Waals surface area (Å²) in [6, 6.07) is 6.01. The molecule has 39 heavy (non-hydrogen) atoms. The molecule has 0 unspecified atom stereocenters. The van der Waals surface area contributed by atoms with Crippen molar-refractivity contribution >= 4 is 29.3 Å². The van der Waals surface area contributed by atoms with Gasteiger partial charge in [-0.05, 0) is 36.8 Å². The number of esters is 2. The van der Waals surface area contributed by atoms with Crippen molar-refractivity contribution in [2.45, 2.75) is 26.8 Å². The fourth-order valence-corrected chi connectivity index (χ4v) is 4.32. The van der Waals surface area contributed by atoms with Crippen LogP contribution in [0.5, 0.6) is 0 Å². The molecule has 1 aliphatic heterocycles. The van der Waals surface area contributed by atoms with Crippen molar-refractivity contribution in [1.82, 2.24) is 19.7 Å². The van der Waals surface area contributed by atoms with E-state index >= 15 is 4.39 Å². The molecule has 0 radical (unpaired) electrons. The van der Waals surface area contributed by atoms with Gasteiger partial charge in [-0.15, -0.1) is 5.10 Å². The third-order valence-electron chi connectivity index (χ3n) is 6.18. The summed E-state index contributed by atoms with van der Waals surface area (Å²) in [6.07, 6.45) is 1.27. The average Bonchev–Trinajstić information content (AvgIpc) is 3.34. The lowest BCUT2D eigenvalue weighted by molar-refractivity contribution is -0.147. The summed E-state index contributed by atoms with van der Waals surface area (Å²) in [4.78, 5) is 30.6. The SMILES string of the molecule is CC(=O)OCC(COC(C)=O)N1CCN(c2cc(C)cc(Nc3ncn(-c4cc(F)cc(F)c4)n3)c2F)CC1. The molecule has 1 saturated heterocycles. The molecule has 1 fully saturated rings. The summed E-state index contributed by atoms with van der Waals surface area (Å²) in [5.74, 6) is -2.81. The fourth-order valence-electron chi connectivity index (χ4n) is 4.32. The Bertz CT molecular complexity index is 1300. The Morgan fingerprint density at radius 2 is 1.56 bits per heavy atom. The molecule has 0 spiro atoms. The lowest BCUT2D eigenvalue weighted by atomic mass is 10.1. The molecule has 0 amide bonds. The summed E-state index contributed by atoms with van der Waals surface area (Å²) in [5, 5.41) is 7.02. The van der Waals surface area contributed by atoms with E-state index in [-0.39, 0.29) is 36.6 Å². The predicted octanol–water partition coefficient (Wildman–Crippen LogP) is 3.35. The van der Waals surface area contributed by atoms with Crippen molar-refractivity contribution in [3.8, 4) is 5.69 Å². The summed E-state index contributed by atoms with van der Waals surface area (Å²) >= 11 is 0. The Balaban J connectivity index is 1.46. The van der Waals surface area contributed by atoms with Crippen LogP contribution in [0.4, 0.5) is 30.5 Å². The summed E-state index contributed by atoms with van der Waals surface area (Å²) in [7, 11) is 0. The number of aryl methyl sites for hydroxylation is 1. The van der Waals surface area contributed by atoms with E-state index in [4.69, 9.17) is 9.47 Å². The van der Waals surface area contributed by atoms with Gasteiger partial charge >= 0.3 is 11.9 Å². The highest BCUT2D eigenvalue weighted by atomic mass is 19.1. The van der Waals surface area contributed by atoms with Gasteiger partial charge in [0.2, 0.25) is 5.95 Å². The van der Waals surface area contributed by atoms with Crippen LogP contribution < -0.4 is 10.2 Å². The van der Waals surface area contributed by atoms with E-state index in [1.165, 1.54) is 24.9 Å². The number of anilines is 3. The van der Waals surface area contributed by atoms with Gasteiger partial charge in [-0.1, -0.05) is 0 Å². The lowest BCUT2D eigenvalue weighted by Crippen LogP contribution is -2.53. The van der Waals surface area contributed by atoms with Crippen molar-refractivity contribution < 1.29 is 32.2 Å². The van der Waals surface area contributed by atoms with Crippen molar-refractivity contribution in [3.63, 3.8) is 0 Å². The number of rotatable bonds is 9. The molecule has 3 aromatic rings. The van der Waals surface area contributed by atoms with E-state index in [9.17, 15) is 18.4 Å². The molecule has 1 aromatic heterocycles. The number of ether oxygens (including phenoxy) is 2. The van der Waals surface area contributed by atoms with Crippen LogP contribution in [-0.4, -0.2) is 77.0 Å². The van der Waals surface area contributed by atoms with Crippen LogP contribution in [0.15, 0.2) is 36.7 Å². The first-order valence-corrected chi connectivity index (χ1v) is 12.3. The number of benzene rings is 2. The maximum atomic E-state index is 15.6. The molecule has 2 aromatic carbocycles. The number of carbonyl (C=O) groups is 2. The highest BCUT2D eigenvalue weighted by Gasteiger charge is 2.27. The number of nitrogens with one attached hydrogen (secondary N) is 1. The molecule has 1 N–H and O–H groups in total. The number of carbonyl (C=O) groups excluding carboxylic acids is 2. The molecule has 13 heteroatoms. The van der Waals surface area contributed by atoms with E-state index in [1.54, 1.807) is 12.1 Å². The van der Waals surface area contributed by atoms with Crippen molar-refractivity contribution in [3.05, 3.63) is 59.7 Å². The maximum Gasteiger partial charge on any atom is 0.302 e. The van der Waals surface area contributed by atoms with E-state index < -0.39 is 29.4 Å². The molecule has 10 nitrogen and oxygen atoms in total. The second-order valence-corrected chi connectivity index (χ2v) is 9.19. The Hall–Kier alpha value is -4.13. The number of halogens is 3. The number of aromatic nitrogens is 3. The second kappa shape index (κ2) is 12.2. The van der Waals surface area contributed by atoms with Gasteiger partial charge in [0.25, 0.3) is 0 Å². The van der Waals surface area contributed by atoms with Gasteiger partial charge < -0.3 is 19.7 Å². The van der Waals surface area contributed by atoms with Gasteiger partial charge in [-0.25, -0.2) is 17.9 Å². The first kappa shape index (κ1) is 27.9. The van der Waals surface area contributed by atoms with Crippen molar-refractivity contribution in [2.75, 3.05) is 49.6 Å². The molecule has 1 aliphatic rings. The number of hydrogen-bond acceptors (Lipinski definition) is 9. The molecule has 2 heterocycles. The first-order valence-electron chi connectivity index (χ1n) is 12.3. The standard InChI is InChI=1S/C26H29F3N6O4/c1-16-8-23(31-26-30-15-35(32-26)21-11-19(27)10-20(28)12-21)25(29)24(9-16)34-6-4-33(5-7-34)22(13-38-17(2)36)14-39-18(3)37/h8-12,15,22H,4-7,13-14H2,1-3H3,(H,31,32). The van der Waals surface area contributed by atoms with Gasteiger partial charge in [0.05, 0.1) is 23.1 Å². The van der Waals surface area contributed by atoms with Crippen LogP contribution in [-0.2, 0) is 19.1 Å². The van der Waals surface area contributed by atoms with Gasteiger partial charge in [0.15, 0.2) is 5.82 Å². The van der Waals surface area contributed by atoms with E-state index in [0.29, 0.717) is 31.9 Å². The van der Waals surface area contributed by atoms with Crippen LogP contribution in [0.25, 0.3) is 5.69 Å². The molecular formula is C26H29F3N6O4. The van der Waals surface area contributed by atoms with Crippen LogP contribution in [0.3, 0.4) is 0 Å². The molecule has 0 aliphatic carbocycles. The Labute approximate surface area is 223 Å². The molecule has 4 rings (SSSR count). The summed E-state index contributed by atoms with van der Waals surface area (Å²) in [5.41, 5.74) is 1.47. The fraction of sp³-hybridized carbons (Fsp3) is 0.385. The molecular weight excluding hydrogens is 517 g/mol. The molecule has 0 saturated carbocycles. The van der Waals surface area contributed by atoms with E-state index in [0.717, 1.165) is 23.8 Å². The minimum Gasteiger partial charge on any atom is -0.464 e. The van der Waals surface area contributed by atoms with Crippen molar-refractivity contribution in [2.24, 2.45) is 0 Å². The molecule has 0 bridgehead atoms. The predicted molar refractivity (Wildman–Crippen MR) is 137 cm³/mol. The zero-order valence-electron chi connectivity index (χ0n) is 21.8. The van der Waals surface area contributed by atoms with Gasteiger partial charge in [0, 0.05) is 46.1 Å². The first-order chi connectivity index (χ1) is 18.6. The van der Waals surface area contributed by atoms with Crippen LogP contribution in [0.1, 0.15) is 19.4 Å². The Morgan fingerprint density at radius 1 is 0.949 bits per heavy atom. The number of hydrogen-bond donors (Lipinski definition) is 1. The largest absolute Gasteiger partial charge is 0.464 e. The minimum atomic E-state index is -0.756. The zero-order chi connectivity index (χ0) is 28.1. The highest BCUT2D eigenvalue weighted by molar-refractivity contribution is 5.67. The van der Waals surface area contributed by atoms with Gasteiger partial charge in [-0.3, -0.25) is 14.5 Å². The number of nitrogens with zero attached hydrogens (tertiary/aromatic N) is 5. The van der Waals surface area contributed by atoms with Crippen LogP contribution in [0, 0.1) is 24.4 Å². The maximum absolute atomic E-state index is 15.6. The second-order valence-electron chi connectivity index (χ2n) is 9.19. The monoisotopic (exact) mass is 546 g/mol. The third kappa shape index (κ3) is 7.25. The summed E-state index contributed by atoms with van der Waals surface area (Å²) < 4.78 is 54.3. The highest BCUT2D eigenvalue weighted by Crippen LogP contribution is 2.30. The normalized spacial score (nSPS) is 14.0. The van der Waals surface area contributed by atoms with Crippen molar-refractivity contribution in [1.29, 1.82) is 0 Å². The molecule has 208 valence electrons. The average molecular weight is 547 g/mol. The Kier molecular flexibility index (Phi) is 8.69. The minimum absolute atomic E-state index is 0.0544. The van der Waals surface area contributed by atoms with E-state index in [1.807, 2.05) is 16.7 Å². The third-order valence-corrected chi connectivity index (χ3v) is 6.18. The molecule has 0 atom stereocenters. The van der Waals surface area contributed by atoms with E-state index in [2.05, 4.69) is 15.4 Å². The quantitative estimate of drug-likeness (QED) is 0.405. The smallest absolute Gasteiger partial charge is 0.302 e. The number of piperazine rings is 1. The summed E-state index contributed by atoms with van der Waals surface area (Å²) in [6.45, 7) is 6.64.